The molecule has 1 atom stereocenters. The van der Waals surface area contributed by atoms with Crippen LogP contribution in [-0.4, -0.2) is 36.1 Å². The fourth-order valence-corrected chi connectivity index (χ4v) is 2.08. The van der Waals surface area contributed by atoms with Gasteiger partial charge in [0.25, 0.3) is 5.91 Å². The Kier molecular flexibility index (Phi) is 6.88. The number of rotatable bonds is 7. The van der Waals surface area contributed by atoms with Gasteiger partial charge in [-0.15, -0.1) is 0 Å². The van der Waals surface area contributed by atoms with Gasteiger partial charge < -0.3 is 10.1 Å². The Morgan fingerprint density at radius 1 is 0.667 bits per heavy atom. The first kappa shape index (κ1) is 26.2. The smallest absolute Gasteiger partial charge is 0.457 e. The molecule has 0 radical (unpaired) electrons. The zero-order chi connectivity index (χ0) is 25.3. The summed E-state index contributed by atoms with van der Waals surface area (Å²) in [4.78, 5) is 11.7. The van der Waals surface area contributed by atoms with Crippen LogP contribution in [0.4, 0.5) is 54.0 Å². The molecular formula is C18H10F11NO3. The molecular weight excluding hydrogens is 487 g/mol. The summed E-state index contributed by atoms with van der Waals surface area (Å²) in [7, 11) is 0. The van der Waals surface area contributed by atoms with E-state index in [9.17, 15) is 53.1 Å². The molecule has 0 saturated heterocycles. The summed E-state index contributed by atoms with van der Waals surface area (Å²) in [5.74, 6) is -16.3. The average Bonchev–Trinajstić information content (AvgIpc) is 2.68. The third-order valence-electron chi connectivity index (χ3n) is 3.74. The third kappa shape index (κ3) is 5.46. The summed E-state index contributed by atoms with van der Waals surface area (Å²) >= 11 is 0. The van der Waals surface area contributed by atoms with E-state index in [1.807, 2.05) is 0 Å². The molecule has 0 saturated carbocycles. The van der Waals surface area contributed by atoms with Gasteiger partial charge in [-0.05, 0) is 36.4 Å². The van der Waals surface area contributed by atoms with Crippen LogP contribution < -0.4 is 10.1 Å². The molecule has 2 rings (SSSR count). The molecule has 0 heterocycles. The van der Waals surface area contributed by atoms with Gasteiger partial charge >= 0.3 is 30.2 Å². The molecule has 0 unspecified atom stereocenters. The first-order valence-corrected chi connectivity index (χ1v) is 8.33. The van der Waals surface area contributed by atoms with E-state index < -0.39 is 41.8 Å². The van der Waals surface area contributed by atoms with Crippen molar-refractivity contribution in [2.24, 2.45) is 0 Å². The van der Waals surface area contributed by atoms with Crippen LogP contribution in [0.2, 0.25) is 0 Å². The van der Waals surface area contributed by atoms with Crippen molar-refractivity contribution in [3.8, 4) is 11.5 Å². The average molecular weight is 497 g/mol. The minimum absolute atomic E-state index is 0.0501. The Morgan fingerprint density at radius 2 is 1.15 bits per heavy atom. The summed E-state index contributed by atoms with van der Waals surface area (Å²) in [5, 5.41) is 1.12. The number of benzene rings is 2. The van der Waals surface area contributed by atoms with Gasteiger partial charge in [-0.2, -0.15) is 48.3 Å². The summed E-state index contributed by atoms with van der Waals surface area (Å²) < 4.78 is 149. The molecule has 15 heteroatoms. The molecule has 0 spiro atoms. The van der Waals surface area contributed by atoms with Crippen molar-refractivity contribution in [1.29, 1.82) is 0 Å². The maximum atomic E-state index is 14.2. The van der Waals surface area contributed by atoms with Gasteiger partial charge in [0.2, 0.25) is 0 Å². The van der Waals surface area contributed by atoms with Crippen LogP contribution in [0.1, 0.15) is 0 Å². The first-order chi connectivity index (χ1) is 14.9. The molecule has 1 amide bonds. The van der Waals surface area contributed by atoms with Crippen LogP contribution >= 0.6 is 0 Å². The minimum atomic E-state index is -7.26. The first-order valence-electron chi connectivity index (χ1n) is 8.33. The molecule has 0 fully saturated rings. The number of halogens is 11. The van der Waals surface area contributed by atoms with Crippen molar-refractivity contribution >= 4 is 11.6 Å². The second-order valence-corrected chi connectivity index (χ2v) is 6.18. The minimum Gasteiger partial charge on any atom is -0.457 e. The predicted octanol–water partition coefficient (Wildman–Crippen LogP) is 6.45. The Labute approximate surface area is 176 Å². The summed E-state index contributed by atoms with van der Waals surface area (Å²) in [5.41, 5.74) is -0.693. The summed E-state index contributed by atoms with van der Waals surface area (Å²) in [6.45, 7) is 0. The van der Waals surface area contributed by atoms with Gasteiger partial charge in [0, 0.05) is 5.69 Å². The van der Waals surface area contributed by atoms with Crippen LogP contribution in [0.3, 0.4) is 0 Å². The zero-order valence-corrected chi connectivity index (χ0v) is 15.6. The standard InChI is InChI=1S/C18H10F11NO3/c19-14(16(22,23)24,33-18(28,29)15(20,21)17(25,26)27)13(31)30-10-6-8-12(9-7-10)32-11-4-2-1-3-5-11/h1-9H,(H,30,31)/t14-/m0/s1. The van der Waals surface area contributed by atoms with Crippen molar-refractivity contribution in [2.45, 2.75) is 30.2 Å². The van der Waals surface area contributed by atoms with E-state index in [-0.39, 0.29) is 5.75 Å². The van der Waals surface area contributed by atoms with E-state index >= 15 is 0 Å². The maximum absolute atomic E-state index is 14.2. The van der Waals surface area contributed by atoms with Gasteiger partial charge in [-0.25, -0.2) is 0 Å². The largest absolute Gasteiger partial charge is 0.462 e. The van der Waals surface area contributed by atoms with E-state index in [2.05, 4.69) is 4.74 Å². The van der Waals surface area contributed by atoms with Crippen LogP contribution in [0, 0.1) is 0 Å². The van der Waals surface area contributed by atoms with E-state index in [0.717, 1.165) is 29.6 Å². The van der Waals surface area contributed by atoms with E-state index in [1.165, 1.54) is 12.1 Å². The predicted molar refractivity (Wildman–Crippen MR) is 88.5 cm³/mol. The number of alkyl halides is 11. The van der Waals surface area contributed by atoms with Crippen LogP contribution in [0.25, 0.3) is 0 Å². The van der Waals surface area contributed by atoms with Crippen molar-refractivity contribution in [3.05, 3.63) is 54.6 Å². The van der Waals surface area contributed by atoms with Gasteiger partial charge in [0.1, 0.15) is 11.5 Å². The van der Waals surface area contributed by atoms with Crippen LogP contribution in [-0.2, 0) is 9.53 Å². The second-order valence-electron chi connectivity index (χ2n) is 6.18. The Bertz CT molecular complexity index is 959. The van der Waals surface area contributed by atoms with E-state index in [4.69, 9.17) is 4.74 Å². The number of hydrogen-bond acceptors (Lipinski definition) is 3. The third-order valence-corrected chi connectivity index (χ3v) is 3.74. The number of ether oxygens (including phenoxy) is 2. The van der Waals surface area contributed by atoms with Gasteiger partial charge in [0.05, 0.1) is 0 Å². The monoisotopic (exact) mass is 497 g/mol. The lowest BCUT2D eigenvalue weighted by Crippen LogP contribution is -2.62. The number of para-hydroxylation sites is 1. The molecule has 1 N–H and O–H groups in total. The fraction of sp³-hybridized carbons (Fsp3) is 0.278. The normalized spacial score (nSPS) is 15.0. The summed E-state index contributed by atoms with van der Waals surface area (Å²) in [6, 6.07) is 11.6. The van der Waals surface area contributed by atoms with Gasteiger partial charge in [-0.1, -0.05) is 18.2 Å². The molecule has 0 bridgehead atoms. The number of anilines is 1. The Morgan fingerprint density at radius 3 is 1.61 bits per heavy atom. The van der Waals surface area contributed by atoms with Crippen LogP contribution in [0.5, 0.6) is 11.5 Å². The molecule has 2 aromatic carbocycles. The molecule has 0 aromatic heterocycles. The fourth-order valence-electron chi connectivity index (χ4n) is 2.08. The SMILES string of the molecule is O=C(Nc1ccc(Oc2ccccc2)cc1)[C@](F)(OC(F)(F)C(F)(F)C(F)(F)F)C(F)(F)F. The molecule has 0 aliphatic heterocycles. The van der Waals surface area contributed by atoms with Crippen molar-refractivity contribution in [2.75, 3.05) is 5.32 Å². The maximum Gasteiger partial charge on any atom is 0.462 e. The number of hydrogen-bond donors (Lipinski definition) is 1. The second kappa shape index (κ2) is 8.68. The molecule has 0 aliphatic carbocycles. The lowest BCUT2D eigenvalue weighted by atomic mass is 10.2. The van der Waals surface area contributed by atoms with Crippen LogP contribution in [0.15, 0.2) is 54.6 Å². The highest BCUT2D eigenvalue weighted by atomic mass is 19.4. The topological polar surface area (TPSA) is 47.6 Å². The van der Waals surface area contributed by atoms with Crippen molar-refractivity contribution < 1.29 is 62.6 Å². The number of carbonyl (C=O) groups is 1. The molecule has 33 heavy (non-hydrogen) atoms. The Balaban J connectivity index is 2.25. The zero-order valence-electron chi connectivity index (χ0n) is 15.6. The van der Waals surface area contributed by atoms with Crippen molar-refractivity contribution in [1.82, 2.24) is 0 Å². The van der Waals surface area contributed by atoms with Crippen molar-refractivity contribution in [3.63, 3.8) is 0 Å². The quantitative estimate of drug-likeness (QED) is 0.448. The number of amides is 1. The highest BCUT2D eigenvalue weighted by Crippen LogP contribution is 2.51. The highest BCUT2D eigenvalue weighted by Gasteiger charge is 2.79. The molecule has 0 aliphatic rings. The van der Waals surface area contributed by atoms with E-state index in [0.29, 0.717) is 5.75 Å². The van der Waals surface area contributed by atoms with Gasteiger partial charge in [-0.3, -0.25) is 9.53 Å². The van der Waals surface area contributed by atoms with Gasteiger partial charge in [0.15, 0.2) is 0 Å². The molecule has 2 aromatic rings. The van der Waals surface area contributed by atoms with E-state index in [1.54, 1.807) is 18.2 Å². The lowest BCUT2D eigenvalue weighted by molar-refractivity contribution is -0.472. The molecule has 4 nitrogen and oxygen atoms in total. The number of carbonyl (C=O) groups excluding carboxylic acids is 1. The number of nitrogens with one attached hydrogen (secondary N) is 1. The molecule has 182 valence electrons. The highest BCUT2D eigenvalue weighted by molar-refractivity contribution is 5.96. The lowest BCUT2D eigenvalue weighted by Gasteiger charge is -2.34. The Hall–Kier alpha value is -3.10. The summed E-state index contributed by atoms with van der Waals surface area (Å²) in [6.07, 6.45) is -21.0.